The summed E-state index contributed by atoms with van der Waals surface area (Å²) in [6, 6.07) is 0.292. The molecule has 0 radical (unpaired) electrons. The van der Waals surface area contributed by atoms with E-state index in [0.717, 1.165) is 13.0 Å². The number of urea groups is 1. The summed E-state index contributed by atoms with van der Waals surface area (Å²) in [6.45, 7) is 3.06. The van der Waals surface area contributed by atoms with Gasteiger partial charge in [0.1, 0.15) is 0 Å². The van der Waals surface area contributed by atoms with Crippen LogP contribution in [0.15, 0.2) is 0 Å². The van der Waals surface area contributed by atoms with E-state index in [1.165, 1.54) is 0 Å². The van der Waals surface area contributed by atoms with Gasteiger partial charge in [0.15, 0.2) is 0 Å². The van der Waals surface area contributed by atoms with Crippen LogP contribution in [-0.4, -0.2) is 36.6 Å². The molecule has 4 heteroatoms. The second-order valence-corrected chi connectivity index (χ2v) is 3.04. The van der Waals surface area contributed by atoms with E-state index in [4.69, 9.17) is 5.73 Å². The first kappa shape index (κ1) is 8.33. The van der Waals surface area contributed by atoms with Gasteiger partial charge in [-0.2, -0.15) is 0 Å². The molecule has 0 aromatic rings. The second-order valence-electron chi connectivity index (χ2n) is 3.04. The summed E-state index contributed by atoms with van der Waals surface area (Å²) in [5.41, 5.74) is 5.11. The molecule has 2 unspecified atom stereocenters. The van der Waals surface area contributed by atoms with E-state index in [0.29, 0.717) is 6.04 Å². The van der Waals surface area contributed by atoms with Crippen molar-refractivity contribution in [3.05, 3.63) is 0 Å². The van der Waals surface area contributed by atoms with Crippen LogP contribution in [0.5, 0.6) is 0 Å². The highest BCUT2D eigenvalue weighted by molar-refractivity contribution is 5.72. The Labute approximate surface area is 66.7 Å². The van der Waals surface area contributed by atoms with Gasteiger partial charge in [-0.15, -0.1) is 0 Å². The molecule has 1 heterocycles. The highest BCUT2D eigenvalue weighted by Crippen LogP contribution is 2.11. The maximum absolute atomic E-state index is 10.7. The number of hydrogen-bond acceptors (Lipinski definition) is 2. The lowest BCUT2D eigenvalue weighted by molar-refractivity contribution is 0.169. The lowest BCUT2D eigenvalue weighted by atomic mass is 9.99. The molecular formula is C7H15N3O. The van der Waals surface area contributed by atoms with Gasteiger partial charge < -0.3 is 16.0 Å². The van der Waals surface area contributed by atoms with Gasteiger partial charge in [0, 0.05) is 19.1 Å². The number of nitrogens with one attached hydrogen (secondary N) is 1. The van der Waals surface area contributed by atoms with Crippen molar-refractivity contribution in [1.82, 2.24) is 10.2 Å². The zero-order valence-electron chi connectivity index (χ0n) is 7.00. The zero-order chi connectivity index (χ0) is 8.43. The van der Waals surface area contributed by atoms with E-state index < -0.39 is 0 Å². The highest BCUT2D eigenvalue weighted by Gasteiger charge is 2.27. The lowest BCUT2D eigenvalue weighted by Crippen LogP contribution is -2.57. The number of amides is 2. The Morgan fingerprint density at radius 2 is 2.36 bits per heavy atom. The van der Waals surface area contributed by atoms with Gasteiger partial charge in [0.05, 0.1) is 0 Å². The number of hydrogen-bond donors (Lipinski definition) is 2. The number of carbonyl (C=O) groups is 1. The van der Waals surface area contributed by atoms with E-state index in [2.05, 4.69) is 5.32 Å². The smallest absolute Gasteiger partial charge is 0.314 e. The van der Waals surface area contributed by atoms with Crippen molar-refractivity contribution in [2.24, 2.45) is 5.73 Å². The quantitative estimate of drug-likeness (QED) is 0.580. The maximum atomic E-state index is 10.7. The fourth-order valence-corrected chi connectivity index (χ4v) is 1.19. The Bertz CT molecular complexity index is 156. The summed E-state index contributed by atoms with van der Waals surface area (Å²) in [5, 5.41) is 3.23. The topological polar surface area (TPSA) is 58.4 Å². The predicted molar refractivity (Wildman–Crippen MR) is 43.2 cm³/mol. The molecule has 1 fully saturated rings. The Balaban J connectivity index is 2.38. The molecule has 0 bridgehead atoms. The largest absolute Gasteiger partial charge is 0.351 e. The Morgan fingerprint density at radius 1 is 1.82 bits per heavy atom. The van der Waals surface area contributed by atoms with Gasteiger partial charge in [-0.1, -0.05) is 0 Å². The molecule has 2 amide bonds. The summed E-state index contributed by atoms with van der Waals surface area (Å²) in [4.78, 5) is 12.3. The van der Waals surface area contributed by atoms with Crippen molar-refractivity contribution < 1.29 is 4.79 Å². The fraction of sp³-hybridized carbons (Fsp3) is 0.857. The van der Waals surface area contributed by atoms with E-state index >= 15 is 0 Å². The van der Waals surface area contributed by atoms with Gasteiger partial charge in [-0.25, -0.2) is 4.79 Å². The minimum atomic E-state index is -0.355. The van der Waals surface area contributed by atoms with Crippen molar-refractivity contribution in [1.29, 1.82) is 0 Å². The Hall–Kier alpha value is -0.770. The summed E-state index contributed by atoms with van der Waals surface area (Å²) in [7, 11) is 1.73. The van der Waals surface area contributed by atoms with Gasteiger partial charge in [-0.3, -0.25) is 0 Å². The first-order chi connectivity index (χ1) is 5.13. The van der Waals surface area contributed by atoms with E-state index in [-0.39, 0.29) is 12.1 Å². The van der Waals surface area contributed by atoms with Crippen LogP contribution < -0.4 is 11.1 Å². The molecule has 11 heavy (non-hydrogen) atoms. The van der Waals surface area contributed by atoms with Crippen molar-refractivity contribution in [2.75, 3.05) is 13.6 Å². The molecule has 2 atom stereocenters. The predicted octanol–water partition coefficient (Wildman–Crippen LogP) is -0.253. The number of carbonyl (C=O) groups excluding carboxylic acids is 1. The maximum Gasteiger partial charge on any atom is 0.314 e. The highest BCUT2D eigenvalue weighted by atomic mass is 16.2. The standard InChI is InChI=1S/C7H15N3O/c1-5(6-3-4-9-6)10(2)7(8)11/h5-6,9H,3-4H2,1-2H3,(H2,8,11). The zero-order valence-corrected chi connectivity index (χ0v) is 7.00. The molecule has 0 saturated carbocycles. The van der Waals surface area contributed by atoms with Crippen LogP contribution >= 0.6 is 0 Å². The molecule has 0 aromatic carbocycles. The molecule has 1 aliphatic rings. The number of likely N-dealkylation sites (N-methyl/N-ethyl adjacent to an activating group) is 1. The van der Waals surface area contributed by atoms with Crippen LogP contribution in [0, 0.1) is 0 Å². The third-order valence-corrected chi connectivity index (χ3v) is 2.40. The van der Waals surface area contributed by atoms with Gasteiger partial charge in [-0.05, 0) is 19.9 Å². The van der Waals surface area contributed by atoms with Gasteiger partial charge >= 0.3 is 6.03 Å². The molecule has 0 spiro atoms. The molecule has 0 aromatic heterocycles. The number of primary amides is 1. The van der Waals surface area contributed by atoms with Gasteiger partial charge in [0.25, 0.3) is 0 Å². The fourth-order valence-electron chi connectivity index (χ4n) is 1.19. The Morgan fingerprint density at radius 3 is 2.64 bits per heavy atom. The number of rotatable bonds is 2. The summed E-state index contributed by atoms with van der Waals surface area (Å²) in [5.74, 6) is 0. The minimum absolute atomic E-state index is 0.209. The average Bonchev–Trinajstić information content (AvgIpc) is 1.82. The summed E-state index contributed by atoms with van der Waals surface area (Å²) < 4.78 is 0. The molecule has 1 rings (SSSR count). The van der Waals surface area contributed by atoms with E-state index in [1.54, 1.807) is 11.9 Å². The van der Waals surface area contributed by atoms with Crippen LogP contribution in [0.3, 0.4) is 0 Å². The van der Waals surface area contributed by atoms with Crippen LogP contribution in [0.2, 0.25) is 0 Å². The first-order valence-corrected chi connectivity index (χ1v) is 3.88. The Kier molecular flexibility index (Phi) is 2.34. The molecule has 0 aliphatic carbocycles. The average molecular weight is 157 g/mol. The van der Waals surface area contributed by atoms with E-state index in [1.807, 2.05) is 6.92 Å². The van der Waals surface area contributed by atoms with Crippen molar-refractivity contribution in [2.45, 2.75) is 25.4 Å². The van der Waals surface area contributed by atoms with Crippen LogP contribution in [0.25, 0.3) is 0 Å². The molecule has 64 valence electrons. The van der Waals surface area contributed by atoms with Crippen molar-refractivity contribution >= 4 is 6.03 Å². The van der Waals surface area contributed by atoms with Gasteiger partial charge in [0.2, 0.25) is 0 Å². The third kappa shape index (κ3) is 1.63. The third-order valence-electron chi connectivity index (χ3n) is 2.40. The molecule has 1 saturated heterocycles. The van der Waals surface area contributed by atoms with E-state index in [9.17, 15) is 4.79 Å². The molecular weight excluding hydrogens is 142 g/mol. The SMILES string of the molecule is CC(C1CCN1)N(C)C(N)=O. The minimum Gasteiger partial charge on any atom is -0.351 e. The van der Waals surface area contributed by atoms with Crippen LogP contribution in [0.4, 0.5) is 4.79 Å². The molecule has 1 aliphatic heterocycles. The molecule has 3 N–H and O–H groups in total. The second kappa shape index (κ2) is 3.09. The van der Waals surface area contributed by atoms with Crippen molar-refractivity contribution in [3.63, 3.8) is 0 Å². The lowest BCUT2D eigenvalue weighted by Gasteiger charge is -2.37. The first-order valence-electron chi connectivity index (χ1n) is 3.88. The monoisotopic (exact) mass is 157 g/mol. The summed E-state index contributed by atoms with van der Waals surface area (Å²) in [6.07, 6.45) is 1.14. The number of nitrogens with two attached hydrogens (primary N) is 1. The van der Waals surface area contributed by atoms with Crippen LogP contribution in [-0.2, 0) is 0 Å². The van der Waals surface area contributed by atoms with Crippen molar-refractivity contribution in [3.8, 4) is 0 Å². The summed E-state index contributed by atoms with van der Waals surface area (Å²) >= 11 is 0. The normalized spacial score (nSPS) is 25.5. The molecule has 4 nitrogen and oxygen atoms in total. The van der Waals surface area contributed by atoms with Crippen LogP contribution in [0.1, 0.15) is 13.3 Å². The number of nitrogens with zero attached hydrogens (tertiary/aromatic N) is 1.